The molecule has 2 saturated heterocycles. The summed E-state index contributed by atoms with van der Waals surface area (Å²) in [6.07, 6.45) is 1.40. The van der Waals surface area contributed by atoms with E-state index in [1.165, 1.54) is 12.1 Å². The molecule has 0 atom stereocenters. The van der Waals surface area contributed by atoms with Crippen molar-refractivity contribution in [1.29, 1.82) is 0 Å². The van der Waals surface area contributed by atoms with Gasteiger partial charge in [0.05, 0.1) is 18.8 Å². The van der Waals surface area contributed by atoms with Gasteiger partial charge in [-0.1, -0.05) is 0 Å². The normalized spacial score (nSPS) is 19.6. The van der Waals surface area contributed by atoms with E-state index in [1.807, 2.05) is 23.9 Å². The number of piperidine rings is 1. The second kappa shape index (κ2) is 7.94. The van der Waals surface area contributed by atoms with Gasteiger partial charge in [-0.3, -0.25) is 9.59 Å². The summed E-state index contributed by atoms with van der Waals surface area (Å²) in [7, 11) is 3.77. The van der Waals surface area contributed by atoms with Crippen molar-refractivity contribution >= 4 is 11.8 Å². The summed E-state index contributed by atoms with van der Waals surface area (Å²) in [6, 6.07) is 4.47. The minimum Gasteiger partial charge on any atom is -0.371 e. The van der Waals surface area contributed by atoms with Crippen molar-refractivity contribution in [2.45, 2.75) is 25.4 Å². The number of halogens is 1. The molecule has 1 aromatic carbocycles. The molecule has 7 heteroatoms. The number of carbonyl (C=O) groups excluding carboxylic acids is 2. The molecule has 0 radical (unpaired) electrons. The van der Waals surface area contributed by atoms with Crippen LogP contribution in [0.25, 0.3) is 0 Å². The average Bonchev–Trinajstić information content (AvgIpc) is 2.63. The lowest BCUT2D eigenvalue weighted by Crippen LogP contribution is -2.59. The van der Waals surface area contributed by atoms with Crippen LogP contribution >= 0.6 is 0 Å². The van der Waals surface area contributed by atoms with E-state index in [0.29, 0.717) is 63.3 Å². The maximum atomic E-state index is 13.4. The number of carbonyl (C=O) groups is 2. The first-order chi connectivity index (χ1) is 12.8. The molecule has 2 aliphatic rings. The largest absolute Gasteiger partial charge is 0.371 e. The number of hydrogen-bond donors (Lipinski definition) is 0. The molecule has 1 spiro atoms. The molecule has 0 saturated carbocycles. The number of hydrogen-bond acceptors (Lipinski definition) is 4. The third-order valence-corrected chi connectivity index (χ3v) is 5.42. The van der Waals surface area contributed by atoms with Crippen molar-refractivity contribution in [3.63, 3.8) is 0 Å². The van der Waals surface area contributed by atoms with Gasteiger partial charge in [0, 0.05) is 31.7 Å². The van der Waals surface area contributed by atoms with E-state index in [1.54, 1.807) is 17.9 Å². The first kappa shape index (κ1) is 19.8. The summed E-state index contributed by atoms with van der Waals surface area (Å²) in [4.78, 5) is 30.7. The first-order valence-corrected chi connectivity index (χ1v) is 9.42. The van der Waals surface area contributed by atoms with Crippen molar-refractivity contribution in [2.24, 2.45) is 0 Å². The smallest absolute Gasteiger partial charge is 0.253 e. The summed E-state index contributed by atoms with van der Waals surface area (Å²) in [5.41, 5.74) is 0.618. The zero-order chi connectivity index (χ0) is 19.6. The van der Waals surface area contributed by atoms with Crippen LogP contribution in [0.3, 0.4) is 0 Å². The number of morpholine rings is 1. The average molecular weight is 377 g/mol. The Labute approximate surface area is 159 Å². The zero-order valence-electron chi connectivity index (χ0n) is 16.3. The van der Waals surface area contributed by atoms with Gasteiger partial charge in [0.15, 0.2) is 0 Å². The Morgan fingerprint density at radius 2 is 1.89 bits per heavy atom. The van der Waals surface area contributed by atoms with Crippen LogP contribution in [-0.4, -0.2) is 85.5 Å². The molecule has 2 amide bonds. The van der Waals surface area contributed by atoms with Crippen LogP contribution in [0.1, 0.15) is 28.8 Å². The summed E-state index contributed by atoms with van der Waals surface area (Å²) in [5.74, 6) is -0.269. The molecule has 0 aliphatic carbocycles. The Bertz CT molecular complexity index is 714. The highest BCUT2D eigenvalue weighted by Crippen LogP contribution is 2.31. The molecule has 6 nitrogen and oxygen atoms in total. The highest BCUT2D eigenvalue weighted by Gasteiger charge is 2.41. The maximum absolute atomic E-state index is 13.4. The lowest BCUT2D eigenvalue weighted by Gasteiger charge is -2.47. The molecule has 0 bridgehead atoms. The van der Waals surface area contributed by atoms with E-state index in [-0.39, 0.29) is 23.2 Å². The number of likely N-dealkylation sites (tertiary alicyclic amines) is 1. The number of amides is 2. The fourth-order valence-electron chi connectivity index (χ4n) is 3.81. The van der Waals surface area contributed by atoms with Gasteiger partial charge in [-0.05, 0) is 57.6 Å². The third-order valence-electron chi connectivity index (χ3n) is 5.42. The topological polar surface area (TPSA) is 53.1 Å². The van der Waals surface area contributed by atoms with Crippen molar-refractivity contribution in [3.05, 3.63) is 35.1 Å². The predicted molar refractivity (Wildman–Crippen MR) is 100 cm³/mol. The third kappa shape index (κ3) is 4.47. The fourth-order valence-corrected chi connectivity index (χ4v) is 3.81. The molecule has 27 heavy (non-hydrogen) atoms. The van der Waals surface area contributed by atoms with Gasteiger partial charge in [0.2, 0.25) is 5.91 Å². The van der Waals surface area contributed by atoms with E-state index in [4.69, 9.17) is 4.74 Å². The second-order valence-electron chi connectivity index (χ2n) is 7.84. The van der Waals surface area contributed by atoms with Crippen molar-refractivity contribution < 1.29 is 18.7 Å². The van der Waals surface area contributed by atoms with Gasteiger partial charge in [0.25, 0.3) is 5.91 Å². The number of ether oxygens (including phenoxy) is 1. The van der Waals surface area contributed by atoms with E-state index < -0.39 is 0 Å². The van der Waals surface area contributed by atoms with E-state index in [9.17, 15) is 14.0 Å². The molecular weight excluding hydrogens is 349 g/mol. The van der Waals surface area contributed by atoms with Crippen LogP contribution in [0.4, 0.5) is 4.39 Å². The van der Waals surface area contributed by atoms with Crippen LogP contribution in [0.2, 0.25) is 0 Å². The second-order valence-corrected chi connectivity index (χ2v) is 7.84. The minimum absolute atomic E-state index is 0.0794. The van der Waals surface area contributed by atoms with Gasteiger partial charge in [-0.15, -0.1) is 0 Å². The molecule has 0 N–H and O–H groups in total. The molecule has 0 unspecified atom stereocenters. The van der Waals surface area contributed by atoms with Crippen molar-refractivity contribution in [3.8, 4) is 0 Å². The Hall–Kier alpha value is -1.99. The van der Waals surface area contributed by atoms with Gasteiger partial charge in [-0.25, -0.2) is 4.39 Å². The minimum atomic E-state index is -0.365. The van der Waals surface area contributed by atoms with Gasteiger partial charge >= 0.3 is 0 Å². The Morgan fingerprint density at radius 1 is 1.19 bits per heavy atom. The van der Waals surface area contributed by atoms with Crippen LogP contribution < -0.4 is 0 Å². The SMILES string of the molecule is Cc1cc(C(=O)N2CCC3(CC2)CN(C(=O)CN(C)C)CCO3)ccc1F. The molecular formula is C20H28FN3O3. The van der Waals surface area contributed by atoms with E-state index in [0.717, 1.165) is 0 Å². The Kier molecular flexibility index (Phi) is 5.81. The summed E-state index contributed by atoms with van der Waals surface area (Å²) in [6.45, 7) is 4.93. The Balaban J connectivity index is 1.61. The number of likely N-dealkylation sites (N-methyl/N-ethyl adjacent to an activating group) is 1. The standard InChI is InChI=1S/C20H28FN3O3/c1-15-12-16(4-5-17(15)21)19(26)23-8-6-20(7-9-23)14-24(10-11-27-20)18(25)13-22(2)3/h4-5,12H,6-11,13-14H2,1-3H3. The monoisotopic (exact) mass is 377 g/mol. The number of nitrogens with zero attached hydrogens (tertiary/aromatic N) is 3. The highest BCUT2D eigenvalue weighted by atomic mass is 19.1. The highest BCUT2D eigenvalue weighted by molar-refractivity contribution is 5.94. The molecule has 2 aliphatic heterocycles. The number of aryl methyl sites for hydroxylation is 1. The summed E-state index contributed by atoms with van der Waals surface area (Å²) < 4.78 is 19.5. The van der Waals surface area contributed by atoms with Crippen LogP contribution in [-0.2, 0) is 9.53 Å². The summed E-state index contributed by atoms with van der Waals surface area (Å²) in [5, 5.41) is 0. The first-order valence-electron chi connectivity index (χ1n) is 9.42. The molecule has 1 aromatic rings. The quantitative estimate of drug-likeness (QED) is 0.802. The molecule has 2 heterocycles. The van der Waals surface area contributed by atoms with Gasteiger partial charge < -0.3 is 19.4 Å². The predicted octanol–water partition coefficient (Wildman–Crippen LogP) is 1.53. The maximum Gasteiger partial charge on any atom is 0.253 e. The Morgan fingerprint density at radius 3 is 2.52 bits per heavy atom. The molecule has 3 rings (SSSR count). The van der Waals surface area contributed by atoms with Crippen LogP contribution in [0.15, 0.2) is 18.2 Å². The lowest BCUT2D eigenvalue weighted by molar-refractivity contribution is -0.158. The van der Waals surface area contributed by atoms with Crippen LogP contribution in [0.5, 0.6) is 0 Å². The fraction of sp³-hybridized carbons (Fsp3) is 0.600. The van der Waals surface area contributed by atoms with Crippen LogP contribution in [0, 0.1) is 12.7 Å². The van der Waals surface area contributed by atoms with Crippen molar-refractivity contribution in [1.82, 2.24) is 14.7 Å². The van der Waals surface area contributed by atoms with Gasteiger partial charge in [0.1, 0.15) is 5.82 Å². The summed E-state index contributed by atoms with van der Waals surface area (Å²) >= 11 is 0. The molecule has 0 aromatic heterocycles. The van der Waals surface area contributed by atoms with Crippen molar-refractivity contribution in [2.75, 3.05) is 53.4 Å². The number of benzene rings is 1. The van der Waals surface area contributed by atoms with E-state index in [2.05, 4.69) is 0 Å². The lowest BCUT2D eigenvalue weighted by atomic mass is 9.89. The molecule has 148 valence electrons. The molecule has 2 fully saturated rings. The number of rotatable bonds is 3. The van der Waals surface area contributed by atoms with Gasteiger partial charge in [-0.2, -0.15) is 0 Å². The van der Waals surface area contributed by atoms with E-state index >= 15 is 0 Å². The zero-order valence-corrected chi connectivity index (χ0v) is 16.3.